The van der Waals surface area contributed by atoms with Crippen LogP contribution in [0.2, 0.25) is 5.02 Å². The van der Waals surface area contributed by atoms with Crippen LogP contribution in [0.15, 0.2) is 24.3 Å². The highest BCUT2D eigenvalue weighted by atomic mass is 127. The molecule has 1 aromatic rings. The second-order valence-corrected chi connectivity index (χ2v) is 4.65. The Hall–Kier alpha value is -0.290. The van der Waals surface area contributed by atoms with Crippen molar-refractivity contribution in [2.75, 3.05) is 11.0 Å². The van der Waals surface area contributed by atoms with Gasteiger partial charge in [-0.15, -0.1) is 0 Å². The molecular weight excluding hydrogens is 324 g/mol. The Morgan fingerprint density at radius 3 is 2.80 bits per heavy atom. The number of carbonyl (C=O) groups excluding carboxylic acids is 1. The van der Waals surface area contributed by atoms with Gasteiger partial charge in [0.05, 0.1) is 6.42 Å². The first-order chi connectivity index (χ1) is 7.24. The first kappa shape index (κ1) is 12.8. The Bertz CT molecular complexity index is 330. The first-order valence-electron chi connectivity index (χ1n) is 4.80. The molecule has 0 atom stereocenters. The summed E-state index contributed by atoms with van der Waals surface area (Å²) >= 11 is 8.24. The van der Waals surface area contributed by atoms with Crippen molar-refractivity contribution >= 4 is 40.1 Å². The maximum atomic E-state index is 11.5. The number of hydrogen-bond donors (Lipinski definition) is 1. The monoisotopic (exact) mass is 337 g/mol. The highest BCUT2D eigenvalue weighted by Gasteiger charge is 2.05. The van der Waals surface area contributed by atoms with E-state index in [9.17, 15) is 4.79 Å². The van der Waals surface area contributed by atoms with Crippen LogP contribution in [-0.4, -0.2) is 16.9 Å². The molecule has 0 heterocycles. The molecule has 4 heteroatoms. The summed E-state index contributed by atoms with van der Waals surface area (Å²) in [6.07, 6.45) is 1.37. The normalized spacial score (nSPS) is 10.0. The first-order valence-corrected chi connectivity index (χ1v) is 6.70. The van der Waals surface area contributed by atoms with Gasteiger partial charge in [0.2, 0.25) is 5.91 Å². The van der Waals surface area contributed by atoms with E-state index in [1.165, 1.54) is 0 Å². The molecule has 1 aromatic carbocycles. The van der Waals surface area contributed by atoms with Gasteiger partial charge >= 0.3 is 0 Å². The number of carbonyl (C=O) groups is 1. The number of alkyl halides is 1. The minimum absolute atomic E-state index is 0.0351. The van der Waals surface area contributed by atoms with E-state index in [2.05, 4.69) is 27.9 Å². The topological polar surface area (TPSA) is 29.1 Å². The summed E-state index contributed by atoms with van der Waals surface area (Å²) in [7, 11) is 0. The number of nitrogens with one attached hydrogen (secondary N) is 1. The third-order valence-corrected chi connectivity index (χ3v) is 3.07. The second kappa shape index (κ2) is 7.06. The van der Waals surface area contributed by atoms with E-state index in [1.54, 1.807) is 6.07 Å². The maximum absolute atomic E-state index is 11.5. The number of halogens is 2. The number of benzene rings is 1. The van der Waals surface area contributed by atoms with Crippen molar-refractivity contribution in [3.63, 3.8) is 0 Å². The van der Waals surface area contributed by atoms with Gasteiger partial charge in [0.25, 0.3) is 0 Å². The molecular formula is C11H13ClINO. The van der Waals surface area contributed by atoms with Crippen molar-refractivity contribution in [1.29, 1.82) is 0 Å². The Balaban J connectivity index is 2.41. The van der Waals surface area contributed by atoms with Crippen LogP contribution in [-0.2, 0) is 11.2 Å². The lowest BCUT2D eigenvalue weighted by molar-refractivity contribution is -0.120. The van der Waals surface area contributed by atoms with E-state index in [0.29, 0.717) is 11.4 Å². The Morgan fingerprint density at radius 2 is 2.13 bits per heavy atom. The van der Waals surface area contributed by atoms with E-state index in [1.807, 2.05) is 18.2 Å². The predicted molar refractivity (Wildman–Crippen MR) is 71.7 cm³/mol. The molecule has 0 aliphatic carbocycles. The maximum Gasteiger partial charge on any atom is 0.224 e. The molecule has 15 heavy (non-hydrogen) atoms. The molecule has 1 N–H and O–H groups in total. The van der Waals surface area contributed by atoms with E-state index < -0.39 is 0 Å². The highest BCUT2D eigenvalue weighted by Crippen LogP contribution is 2.15. The molecule has 0 saturated carbocycles. The summed E-state index contributed by atoms with van der Waals surface area (Å²) in [5.74, 6) is 0.0351. The Morgan fingerprint density at radius 1 is 1.40 bits per heavy atom. The van der Waals surface area contributed by atoms with Gasteiger partial charge in [-0.3, -0.25) is 4.79 Å². The standard InChI is InChI=1S/C11H13ClINO/c12-10-5-2-1-4-9(10)8-11(15)14-7-3-6-13/h1-2,4-5H,3,6-8H2,(H,14,15). The van der Waals surface area contributed by atoms with Crippen LogP contribution in [0, 0.1) is 0 Å². The van der Waals surface area contributed by atoms with Crippen LogP contribution >= 0.6 is 34.2 Å². The van der Waals surface area contributed by atoms with Gasteiger partial charge in [0.1, 0.15) is 0 Å². The fraction of sp³-hybridized carbons (Fsp3) is 0.364. The SMILES string of the molecule is O=C(Cc1ccccc1Cl)NCCCI. The zero-order valence-corrected chi connectivity index (χ0v) is 11.2. The molecule has 1 amide bonds. The fourth-order valence-electron chi connectivity index (χ4n) is 1.17. The molecule has 2 nitrogen and oxygen atoms in total. The quantitative estimate of drug-likeness (QED) is 0.500. The van der Waals surface area contributed by atoms with E-state index >= 15 is 0 Å². The molecule has 0 bridgehead atoms. The van der Waals surface area contributed by atoms with Crippen molar-refractivity contribution in [3.8, 4) is 0 Å². The highest BCUT2D eigenvalue weighted by molar-refractivity contribution is 14.1. The van der Waals surface area contributed by atoms with Crippen LogP contribution in [0.5, 0.6) is 0 Å². The van der Waals surface area contributed by atoms with Crippen molar-refractivity contribution in [1.82, 2.24) is 5.32 Å². The Labute approximate surface area is 109 Å². The average Bonchev–Trinajstić information content (AvgIpc) is 2.22. The van der Waals surface area contributed by atoms with Crippen LogP contribution in [0.3, 0.4) is 0 Å². The fourth-order valence-corrected chi connectivity index (χ4v) is 1.76. The lowest BCUT2D eigenvalue weighted by atomic mass is 10.1. The van der Waals surface area contributed by atoms with E-state index in [-0.39, 0.29) is 5.91 Å². The summed E-state index contributed by atoms with van der Waals surface area (Å²) < 4.78 is 1.06. The van der Waals surface area contributed by atoms with E-state index in [4.69, 9.17) is 11.6 Å². The average molecular weight is 338 g/mol. The van der Waals surface area contributed by atoms with Gasteiger partial charge in [-0.25, -0.2) is 0 Å². The van der Waals surface area contributed by atoms with Crippen LogP contribution in [0.4, 0.5) is 0 Å². The predicted octanol–water partition coefficient (Wildman–Crippen LogP) is 2.82. The van der Waals surface area contributed by atoms with Gasteiger partial charge in [-0.1, -0.05) is 52.4 Å². The molecule has 0 aliphatic heterocycles. The smallest absolute Gasteiger partial charge is 0.224 e. The Kier molecular flexibility index (Phi) is 6.02. The van der Waals surface area contributed by atoms with Crippen LogP contribution < -0.4 is 5.32 Å². The number of rotatable bonds is 5. The van der Waals surface area contributed by atoms with Gasteiger partial charge in [-0.2, -0.15) is 0 Å². The second-order valence-electron chi connectivity index (χ2n) is 3.16. The molecule has 0 radical (unpaired) electrons. The minimum atomic E-state index is 0.0351. The number of hydrogen-bond acceptors (Lipinski definition) is 1. The van der Waals surface area contributed by atoms with Crippen molar-refractivity contribution in [2.45, 2.75) is 12.8 Å². The minimum Gasteiger partial charge on any atom is -0.356 e. The van der Waals surface area contributed by atoms with Gasteiger partial charge in [0.15, 0.2) is 0 Å². The summed E-state index contributed by atoms with van der Waals surface area (Å²) in [6.45, 7) is 0.742. The number of amides is 1. The van der Waals surface area contributed by atoms with Gasteiger partial charge < -0.3 is 5.32 Å². The molecule has 82 valence electrons. The van der Waals surface area contributed by atoms with Gasteiger partial charge in [-0.05, 0) is 18.1 Å². The van der Waals surface area contributed by atoms with Crippen molar-refractivity contribution in [3.05, 3.63) is 34.9 Å². The zero-order chi connectivity index (χ0) is 11.1. The third kappa shape index (κ3) is 4.84. The lowest BCUT2D eigenvalue weighted by Crippen LogP contribution is -2.26. The van der Waals surface area contributed by atoms with Crippen molar-refractivity contribution in [2.24, 2.45) is 0 Å². The summed E-state index contributed by atoms with van der Waals surface area (Å²) in [5, 5.41) is 3.51. The third-order valence-electron chi connectivity index (χ3n) is 1.94. The summed E-state index contributed by atoms with van der Waals surface area (Å²) in [5.41, 5.74) is 0.881. The molecule has 0 fully saturated rings. The largest absolute Gasteiger partial charge is 0.356 e. The molecule has 1 rings (SSSR count). The molecule has 0 aliphatic rings. The summed E-state index contributed by atoms with van der Waals surface area (Å²) in [4.78, 5) is 11.5. The summed E-state index contributed by atoms with van der Waals surface area (Å²) in [6, 6.07) is 7.42. The lowest BCUT2D eigenvalue weighted by Gasteiger charge is -2.05. The van der Waals surface area contributed by atoms with Crippen molar-refractivity contribution < 1.29 is 4.79 Å². The molecule has 0 spiro atoms. The van der Waals surface area contributed by atoms with Crippen LogP contribution in [0.1, 0.15) is 12.0 Å². The molecule has 0 aromatic heterocycles. The zero-order valence-electron chi connectivity index (χ0n) is 8.30. The molecule has 0 saturated heterocycles. The van der Waals surface area contributed by atoms with E-state index in [0.717, 1.165) is 23.0 Å². The van der Waals surface area contributed by atoms with Crippen LogP contribution in [0.25, 0.3) is 0 Å². The van der Waals surface area contributed by atoms with Gasteiger partial charge in [0, 0.05) is 16.0 Å². The molecule has 0 unspecified atom stereocenters.